The van der Waals surface area contributed by atoms with Crippen molar-refractivity contribution in [3.8, 4) is 0 Å². The summed E-state index contributed by atoms with van der Waals surface area (Å²) in [6.45, 7) is 0.167. The molecule has 0 saturated heterocycles. The molecule has 0 aromatic heterocycles. The molecule has 2 aromatic carbocycles. The number of alkyl halides is 3. The lowest BCUT2D eigenvalue weighted by Gasteiger charge is -2.12. The molecule has 0 aliphatic heterocycles. The highest BCUT2D eigenvalue weighted by molar-refractivity contribution is 9.10. The third-order valence-electron chi connectivity index (χ3n) is 3.26. The van der Waals surface area contributed by atoms with Gasteiger partial charge in [-0.05, 0) is 58.9 Å². The molecule has 0 fully saturated rings. The summed E-state index contributed by atoms with van der Waals surface area (Å²) in [5.74, 6) is 0. The third-order valence-corrected chi connectivity index (χ3v) is 5.32. The standard InChI is InChI=1S/C15H14BrF3N2O2S/c1-20-24(22,23)12-5-6-14(13(16)8-12)21-9-10-3-2-4-11(7-10)15(17,18)19/h2-8,20-21H,9H2,1H3. The Morgan fingerprint density at radius 2 is 1.83 bits per heavy atom. The first-order chi connectivity index (χ1) is 11.1. The average Bonchev–Trinajstić information content (AvgIpc) is 2.53. The van der Waals surface area contributed by atoms with Crippen LogP contribution in [0.15, 0.2) is 51.8 Å². The first-order valence-corrected chi connectivity index (χ1v) is 9.04. The van der Waals surface area contributed by atoms with Crippen LogP contribution in [0.3, 0.4) is 0 Å². The fraction of sp³-hybridized carbons (Fsp3) is 0.200. The van der Waals surface area contributed by atoms with Gasteiger partial charge in [-0.1, -0.05) is 12.1 Å². The Morgan fingerprint density at radius 1 is 1.12 bits per heavy atom. The predicted molar refractivity (Wildman–Crippen MR) is 89.2 cm³/mol. The maximum Gasteiger partial charge on any atom is 0.416 e. The molecule has 0 unspecified atom stereocenters. The van der Waals surface area contributed by atoms with E-state index in [9.17, 15) is 21.6 Å². The van der Waals surface area contributed by atoms with Crippen molar-refractivity contribution in [2.24, 2.45) is 0 Å². The topological polar surface area (TPSA) is 58.2 Å². The van der Waals surface area contributed by atoms with Gasteiger partial charge in [0.25, 0.3) is 0 Å². The van der Waals surface area contributed by atoms with Gasteiger partial charge < -0.3 is 5.32 Å². The van der Waals surface area contributed by atoms with Gasteiger partial charge in [-0.3, -0.25) is 0 Å². The van der Waals surface area contributed by atoms with Crippen LogP contribution >= 0.6 is 15.9 Å². The summed E-state index contributed by atoms with van der Waals surface area (Å²) in [5.41, 5.74) is 0.322. The van der Waals surface area contributed by atoms with Gasteiger partial charge in [-0.25, -0.2) is 13.1 Å². The zero-order valence-electron chi connectivity index (χ0n) is 12.5. The monoisotopic (exact) mass is 422 g/mol. The molecule has 24 heavy (non-hydrogen) atoms. The molecule has 0 aliphatic carbocycles. The molecule has 0 aliphatic rings. The van der Waals surface area contributed by atoms with E-state index in [-0.39, 0.29) is 11.4 Å². The van der Waals surface area contributed by atoms with E-state index in [4.69, 9.17) is 0 Å². The molecule has 2 aromatic rings. The molecule has 0 saturated carbocycles. The molecule has 0 radical (unpaired) electrons. The quantitative estimate of drug-likeness (QED) is 0.765. The van der Waals surface area contributed by atoms with Crippen LogP contribution < -0.4 is 10.0 Å². The number of nitrogens with one attached hydrogen (secondary N) is 2. The van der Waals surface area contributed by atoms with E-state index in [1.54, 1.807) is 12.1 Å². The van der Waals surface area contributed by atoms with Crippen molar-refractivity contribution >= 4 is 31.6 Å². The highest BCUT2D eigenvalue weighted by Gasteiger charge is 2.30. The maximum atomic E-state index is 12.7. The van der Waals surface area contributed by atoms with Crippen molar-refractivity contribution in [2.75, 3.05) is 12.4 Å². The van der Waals surface area contributed by atoms with E-state index in [2.05, 4.69) is 26.0 Å². The van der Waals surface area contributed by atoms with E-state index in [1.165, 1.54) is 25.2 Å². The van der Waals surface area contributed by atoms with Crippen LogP contribution in [0.5, 0.6) is 0 Å². The van der Waals surface area contributed by atoms with E-state index in [0.29, 0.717) is 15.7 Å². The fourth-order valence-electron chi connectivity index (χ4n) is 1.98. The maximum absolute atomic E-state index is 12.7. The summed E-state index contributed by atoms with van der Waals surface area (Å²) in [6.07, 6.45) is -4.39. The van der Waals surface area contributed by atoms with Crippen LogP contribution in [0.4, 0.5) is 18.9 Å². The summed E-state index contributed by atoms with van der Waals surface area (Å²) >= 11 is 3.25. The largest absolute Gasteiger partial charge is 0.416 e. The minimum atomic E-state index is -4.39. The Labute approximate surface area is 146 Å². The Hall–Kier alpha value is -1.58. The number of halogens is 4. The van der Waals surface area contributed by atoms with Crippen LogP contribution in [0.1, 0.15) is 11.1 Å². The van der Waals surface area contributed by atoms with Crippen molar-refractivity contribution in [3.63, 3.8) is 0 Å². The van der Waals surface area contributed by atoms with Gasteiger partial charge in [0, 0.05) is 16.7 Å². The average molecular weight is 423 g/mol. The van der Waals surface area contributed by atoms with Crippen LogP contribution in [0, 0.1) is 0 Å². The smallest absolute Gasteiger partial charge is 0.380 e. The van der Waals surface area contributed by atoms with Crippen molar-refractivity contribution < 1.29 is 21.6 Å². The van der Waals surface area contributed by atoms with Gasteiger partial charge >= 0.3 is 6.18 Å². The van der Waals surface area contributed by atoms with Crippen LogP contribution in [-0.4, -0.2) is 15.5 Å². The summed E-state index contributed by atoms with van der Waals surface area (Å²) in [7, 11) is -2.25. The van der Waals surface area contributed by atoms with Crippen molar-refractivity contribution in [2.45, 2.75) is 17.6 Å². The molecule has 0 atom stereocenters. The number of anilines is 1. The molecule has 2 N–H and O–H groups in total. The normalized spacial score (nSPS) is 12.2. The molecular weight excluding hydrogens is 409 g/mol. The van der Waals surface area contributed by atoms with E-state index in [1.807, 2.05) is 0 Å². The lowest BCUT2D eigenvalue weighted by atomic mass is 10.1. The number of sulfonamides is 1. The first kappa shape index (κ1) is 18.8. The van der Waals surface area contributed by atoms with Gasteiger partial charge in [0.15, 0.2) is 0 Å². The minimum Gasteiger partial charge on any atom is -0.380 e. The van der Waals surface area contributed by atoms with Gasteiger partial charge in [-0.15, -0.1) is 0 Å². The second kappa shape index (κ2) is 7.12. The lowest BCUT2D eigenvalue weighted by Crippen LogP contribution is -2.18. The summed E-state index contributed by atoms with van der Waals surface area (Å²) < 4.78 is 64.2. The number of benzene rings is 2. The Kier molecular flexibility index (Phi) is 5.56. The van der Waals surface area contributed by atoms with Crippen LogP contribution in [-0.2, 0) is 22.7 Å². The molecule has 130 valence electrons. The minimum absolute atomic E-state index is 0.0847. The molecule has 9 heteroatoms. The van der Waals surface area contributed by atoms with Crippen LogP contribution in [0.25, 0.3) is 0 Å². The fourth-order valence-corrected chi connectivity index (χ4v) is 3.41. The summed E-state index contributed by atoms with van der Waals surface area (Å²) in [4.78, 5) is 0.0847. The predicted octanol–water partition coefficient (Wildman–Crippen LogP) is 3.99. The second-order valence-corrected chi connectivity index (χ2v) is 7.64. The molecule has 2 rings (SSSR count). The SMILES string of the molecule is CNS(=O)(=O)c1ccc(NCc2cccc(C(F)(F)F)c2)c(Br)c1. The van der Waals surface area contributed by atoms with Gasteiger partial charge in [0.2, 0.25) is 10.0 Å². The lowest BCUT2D eigenvalue weighted by molar-refractivity contribution is -0.137. The van der Waals surface area contributed by atoms with E-state index >= 15 is 0 Å². The number of rotatable bonds is 5. The summed E-state index contributed by atoms with van der Waals surface area (Å²) in [5, 5.41) is 2.98. The van der Waals surface area contributed by atoms with Crippen molar-refractivity contribution in [1.29, 1.82) is 0 Å². The molecular formula is C15H14BrF3N2O2S. The molecule has 0 heterocycles. The third kappa shape index (κ3) is 4.49. The number of hydrogen-bond donors (Lipinski definition) is 2. The molecule has 0 bridgehead atoms. The zero-order valence-corrected chi connectivity index (χ0v) is 14.9. The van der Waals surface area contributed by atoms with E-state index in [0.717, 1.165) is 12.1 Å². The Bertz CT molecular complexity index is 839. The van der Waals surface area contributed by atoms with Gasteiger partial charge in [-0.2, -0.15) is 13.2 Å². The van der Waals surface area contributed by atoms with Crippen molar-refractivity contribution in [1.82, 2.24) is 4.72 Å². The van der Waals surface area contributed by atoms with Crippen molar-refractivity contribution in [3.05, 3.63) is 58.1 Å². The first-order valence-electron chi connectivity index (χ1n) is 6.76. The van der Waals surface area contributed by atoms with Gasteiger partial charge in [0.05, 0.1) is 10.5 Å². The Balaban J connectivity index is 2.16. The highest BCUT2D eigenvalue weighted by atomic mass is 79.9. The highest BCUT2D eigenvalue weighted by Crippen LogP contribution is 2.30. The molecule has 4 nitrogen and oxygen atoms in total. The van der Waals surface area contributed by atoms with Crippen LogP contribution in [0.2, 0.25) is 0 Å². The molecule has 0 spiro atoms. The summed E-state index contributed by atoms with van der Waals surface area (Å²) in [6, 6.07) is 9.37. The zero-order chi connectivity index (χ0) is 18.0. The molecule has 0 amide bonds. The second-order valence-electron chi connectivity index (χ2n) is 4.90. The Morgan fingerprint density at radius 3 is 2.42 bits per heavy atom. The number of hydrogen-bond acceptors (Lipinski definition) is 3. The van der Waals surface area contributed by atoms with E-state index < -0.39 is 21.8 Å². The van der Waals surface area contributed by atoms with Gasteiger partial charge in [0.1, 0.15) is 0 Å².